The summed E-state index contributed by atoms with van der Waals surface area (Å²) in [6, 6.07) is 8.09. The standard InChI is InChI=1S/C17H29NO2/c1-4-6-7-17(19)15(5-2)13-18-12-14-8-10-16(20-3)11-9-14/h8-11,15,17-19H,4-7,12-13H2,1-3H3/t15-,17+/m1/s1. The number of benzene rings is 1. The van der Waals surface area contributed by atoms with Crippen molar-refractivity contribution in [2.75, 3.05) is 13.7 Å². The van der Waals surface area contributed by atoms with Gasteiger partial charge in [0.15, 0.2) is 0 Å². The quantitative estimate of drug-likeness (QED) is 0.690. The Kier molecular flexibility index (Phi) is 8.31. The van der Waals surface area contributed by atoms with Crippen molar-refractivity contribution in [1.29, 1.82) is 0 Å². The number of methoxy groups -OCH3 is 1. The van der Waals surface area contributed by atoms with Crippen LogP contribution >= 0.6 is 0 Å². The van der Waals surface area contributed by atoms with Crippen molar-refractivity contribution in [1.82, 2.24) is 5.32 Å². The van der Waals surface area contributed by atoms with Crippen LogP contribution in [-0.2, 0) is 6.54 Å². The molecule has 0 aromatic heterocycles. The SMILES string of the molecule is CCCC[C@H](O)[C@H](CC)CNCc1ccc(OC)cc1. The first-order valence-corrected chi connectivity index (χ1v) is 7.72. The van der Waals surface area contributed by atoms with Crippen LogP contribution in [0.4, 0.5) is 0 Å². The van der Waals surface area contributed by atoms with Crippen molar-refractivity contribution in [3.63, 3.8) is 0 Å². The predicted octanol–water partition coefficient (Wildman–Crippen LogP) is 3.36. The topological polar surface area (TPSA) is 41.5 Å². The lowest BCUT2D eigenvalue weighted by Crippen LogP contribution is -2.31. The maximum absolute atomic E-state index is 10.1. The van der Waals surface area contributed by atoms with Gasteiger partial charge < -0.3 is 15.2 Å². The minimum atomic E-state index is -0.177. The molecule has 3 heteroatoms. The van der Waals surface area contributed by atoms with E-state index in [0.717, 1.165) is 44.5 Å². The van der Waals surface area contributed by atoms with E-state index < -0.39 is 0 Å². The summed E-state index contributed by atoms with van der Waals surface area (Å²) in [5, 5.41) is 13.6. The molecule has 114 valence electrons. The van der Waals surface area contributed by atoms with Crippen LogP contribution in [0, 0.1) is 5.92 Å². The van der Waals surface area contributed by atoms with Gasteiger partial charge in [-0.15, -0.1) is 0 Å². The van der Waals surface area contributed by atoms with Crippen LogP contribution in [0.2, 0.25) is 0 Å². The lowest BCUT2D eigenvalue weighted by Gasteiger charge is -2.22. The summed E-state index contributed by atoms with van der Waals surface area (Å²) >= 11 is 0. The van der Waals surface area contributed by atoms with Gasteiger partial charge in [0.1, 0.15) is 5.75 Å². The van der Waals surface area contributed by atoms with Gasteiger partial charge in [0.25, 0.3) is 0 Å². The normalized spacial score (nSPS) is 14.0. The van der Waals surface area contributed by atoms with Crippen LogP contribution < -0.4 is 10.1 Å². The highest BCUT2D eigenvalue weighted by Gasteiger charge is 2.16. The third-order valence-corrected chi connectivity index (χ3v) is 3.82. The van der Waals surface area contributed by atoms with E-state index in [0.29, 0.717) is 5.92 Å². The van der Waals surface area contributed by atoms with Gasteiger partial charge in [0.05, 0.1) is 13.2 Å². The highest BCUT2D eigenvalue weighted by atomic mass is 16.5. The van der Waals surface area contributed by atoms with E-state index in [4.69, 9.17) is 4.74 Å². The Morgan fingerprint density at radius 3 is 2.45 bits per heavy atom. The van der Waals surface area contributed by atoms with Gasteiger partial charge in [0.2, 0.25) is 0 Å². The van der Waals surface area contributed by atoms with Gasteiger partial charge >= 0.3 is 0 Å². The number of unbranched alkanes of at least 4 members (excludes halogenated alkanes) is 1. The fraction of sp³-hybridized carbons (Fsp3) is 0.647. The Hall–Kier alpha value is -1.06. The minimum absolute atomic E-state index is 0.177. The molecule has 0 spiro atoms. The molecule has 0 aliphatic carbocycles. The smallest absolute Gasteiger partial charge is 0.118 e. The molecule has 3 nitrogen and oxygen atoms in total. The molecule has 2 N–H and O–H groups in total. The van der Waals surface area contributed by atoms with Crippen molar-refractivity contribution < 1.29 is 9.84 Å². The second-order valence-electron chi connectivity index (χ2n) is 5.36. The predicted molar refractivity (Wildman–Crippen MR) is 84.0 cm³/mol. The molecule has 0 radical (unpaired) electrons. The summed E-state index contributed by atoms with van der Waals surface area (Å²) in [7, 11) is 1.68. The van der Waals surface area contributed by atoms with Crippen molar-refractivity contribution in [3.8, 4) is 5.75 Å². The maximum atomic E-state index is 10.1. The van der Waals surface area contributed by atoms with Gasteiger partial charge in [-0.25, -0.2) is 0 Å². The Labute approximate surface area is 123 Å². The molecule has 1 aromatic rings. The Morgan fingerprint density at radius 2 is 1.90 bits per heavy atom. The summed E-state index contributed by atoms with van der Waals surface area (Å²) in [5.74, 6) is 1.23. The number of ether oxygens (including phenoxy) is 1. The molecule has 0 unspecified atom stereocenters. The summed E-state index contributed by atoms with van der Waals surface area (Å²) in [6.07, 6.45) is 4.01. The zero-order chi connectivity index (χ0) is 14.8. The minimum Gasteiger partial charge on any atom is -0.497 e. The van der Waals surface area contributed by atoms with Gasteiger partial charge in [-0.1, -0.05) is 38.8 Å². The van der Waals surface area contributed by atoms with Crippen LogP contribution in [0.1, 0.15) is 45.1 Å². The Bertz CT molecular complexity index is 351. The molecule has 1 rings (SSSR count). The van der Waals surface area contributed by atoms with Crippen molar-refractivity contribution >= 4 is 0 Å². The molecule has 0 aliphatic rings. The highest BCUT2D eigenvalue weighted by Crippen LogP contribution is 2.15. The molecule has 0 saturated heterocycles. The lowest BCUT2D eigenvalue weighted by molar-refractivity contribution is 0.0932. The zero-order valence-electron chi connectivity index (χ0n) is 13.1. The van der Waals surface area contributed by atoms with Crippen LogP contribution in [0.5, 0.6) is 5.75 Å². The molecule has 20 heavy (non-hydrogen) atoms. The van der Waals surface area contributed by atoms with Gasteiger partial charge in [-0.2, -0.15) is 0 Å². The molecule has 0 amide bonds. The summed E-state index contributed by atoms with van der Waals surface area (Å²) in [5.41, 5.74) is 1.24. The maximum Gasteiger partial charge on any atom is 0.118 e. The van der Waals surface area contributed by atoms with E-state index in [2.05, 4.69) is 31.3 Å². The Balaban J connectivity index is 2.32. The highest BCUT2D eigenvalue weighted by molar-refractivity contribution is 5.26. The van der Waals surface area contributed by atoms with Crippen LogP contribution in [0.15, 0.2) is 24.3 Å². The van der Waals surface area contributed by atoms with Crippen molar-refractivity contribution in [2.24, 2.45) is 5.92 Å². The number of hydrogen-bond donors (Lipinski definition) is 2. The first kappa shape index (κ1) is 17.0. The fourth-order valence-electron chi connectivity index (χ4n) is 2.35. The molecule has 0 aliphatic heterocycles. The zero-order valence-corrected chi connectivity index (χ0v) is 13.1. The number of nitrogens with one attached hydrogen (secondary N) is 1. The second-order valence-corrected chi connectivity index (χ2v) is 5.36. The van der Waals surface area contributed by atoms with E-state index in [-0.39, 0.29) is 6.10 Å². The fourth-order valence-corrected chi connectivity index (χ4v) is 2.35. The molecule has 0 saturated carbocycles. The van der Waals surface area contributed by atoms with Gasteiger partial charge in [-0.05, 0) is 36.5 Å². The lowest BCUT2D eigenvalue weighted by atomic mass is 9.95. The molecule has 0 heterocycles. The average molecular weight is 279 g/mol. The van der Waals surface area contributed by atoms with E-state index in [1.807, 2.05) is 12.1 Å². The van der Waals surface area contributed by atoms with Crippen LogP contribution in [0.3, 0.4) is 0 Å². The third-order valence-electron chi connectivity index (χ3n) is 3.82. The largest absolute Gasteiger partial charge is 0.497 e. The number of aliphatic hydroxyl groups excluding tert-OH is 1. The molecule has 0 fully saturated rings. The molecule has 2 atom stereocenters. The Morgan fingerprint density at radius 1 is 1.20 bits per heavy atom. The summed E-state index contributed by atoms with van der Waals surface area (Å²) in [6.45, 7) is 6.01. The number of hydrogen-bond acceptors (Lipinski definition) is 3. The molecular weight excluding hydrogens is 250 g/mol. The third kappa shape index (κ3) is 5.93. The van der Waals surface area contributed by atoms with E-state index in [9.17, 15) is 5.11 Å². The van der Waals surface area contributed by atoms with Crippen LogP contribution in [0.25, 0.3) is 0 Å². The summed E-state index contributed by atoms with van der Waals surface area (Å²) < 4.78 is 5.14. The van der Waals surface area contributed by atoms with Crippen molar-refractivity contribution in [3.05, 3.63) is 29.8 Å². The number of aliphatic hydroxyl groups is 1. The van der Waals surface area contributed by atoms with Gasteiger partial charge in [-0.3, -0.25) is 0 Å². The number of rotatable bonds is 10. The van der Waals surface area contributed by atoms with E-state index in [1.54, 1.807) is 7.11 Å². The van der Waals surface area contributed by atoms with E-state index in [1.165, 1.54) is 5.56 Å². The molecular formula is C17H29NO2. The van der Waals surface area contributed by atoms with Crippen molar-refractivity contribution in [2.45, 2.75) is 52.2 Å². The first-order valence-electron chi connectivity index (χ1n) is 7.72. The summed E-state index contributed by atoms with van der Waals surface area (Å²) in [4.78, 5) is 0. The van der Waals surface area contributed by atoms with Crippen LogP contribution in [-0.4, -0.2) is 24.9 Å². The van der Waals surface area contributed by atoms with Gasteiger partial charge in [0, 0.05) is 13.1 Å². The molecule has 0 bridgehead atoms. The molecule has 1 aromatic carbocycles. The monoisotopic (exact) mass is 279 g/mol. The average Bonchev–Trinajstić information content (AvgIpc) is 2.49. The van der Waals surface area contributed by atoms with E-state index >= 15 is 0 Å². The second kappa shape index (κ2) is 9.78. The first-order chi connectivity index (χ1) is 9.71.